The third kappa shape index (κ3) is 5.19. The molecule has 0 saturated carbocycles. The fourth-order valence-corrected chi connectivity index (χ4v) is 4.28. The number of nitrogens with one attached hydrogen (secondary N) is 1. The molecule has 0 atom stereocenters. The van der Waals surface area contributed by atoms with Gasteiger partial charge in [0.05, 0.1) is 0 Å². The number of thioether (sulfide) groups is 1. The van der Waals surface area contributed by atoms with E-state index >= 15 is 0 Å². The van der Waals surface area contributed by atoms with Crippen LogP contribution in [0, 0.1) is 5.92 Å². The van der Waals surface area contributed by atoms with Crippen molar-refractivity contribution in [2.75, 3.05) is 29.6 Å². The van der Waals surface area contributed by atoms with E-state index in [4.69, 9.17) is 0 Å². The van der Waals surface area contributed by atoms with Crippen molar-refractivity contribution in [1.29, 1.82) is 0 Å². The van der Waals surface area contributed by atoms with Gasteiger partial charge >= 0.3 is 0 Å². The Balaban J connectivity index is 1.32. The molecular formula is C24H26N4OS. The summed E-state index contributed by atoms with van der Waals surface area (Å²) in [5.41, 5.74) is 2.50. The second-order valence-electron chi connectivity index (χ2n) is 7.58. The minimum atomic E-state index is -0.242. The van der Waals surface area contributed by atoms with Crippen LogP contribution in [-0.2, 0) is 6.42 Å². The van der Waals surface area contributed by atoms with E-state index in [1.807, 2.05) is 36.6 Å². The molecule has 1 N–H and O–H groups in total. The SMILES string of the molecule is CSc1cccc(NC(=O)c2ccc(N3CCC(Cc4ccccc4)CC3)nn2)c1. The van der Waals surface area contributed by atoms with E-state index in [9.17, 15) is 4.79 Å². The second kappa shape index (κ2) is 9.76. The summed E-state index contributed by atoms with van der Waals surface area (Å²) in [5, 5.41) is 11.4. The first-order chi connectivity index (χ1) is 14.7. The summed E-state index contributed by atoms with van der Waals surface area (Å²) in [6, 6.07) is 22.1. The first-order valence-corrected chi connectivity index (χ1v) is 11.5. The summed E-state index contributed by atoms with van der Waals surface area (Å²) in [6.07, 6.45) is 5.43. The van der Waals surface area contributed by atoms with Gasteiger partial charge in [-0.3, -0.25) is 4.79 Å². The van der Waals surface area contributed by atoms with E-state index in [2.05, 4.69) is 50.7 Å². The fourth-order valence-electron chi connectivity index (χ4n) is 3.82. The van der Waals surface area contributed by atoms with Crippen molar-refractivity contribution < 1.29 is 4.79 Å². The number of anilines is 2. The summed E-state index contributed by atoms with van der Waals surface area (Å²) >= 11 is 1.64. The molecule has 0 spiro atoms. The maximum Gasteiger partial charge on any atom is 0.276 e. The quantitative estimate of drug-likeness (QED) is 0.577. The number of hydrogen-bond donors (Lipinski definition) is 1. The standard InChI is InChI=1S/C24H26N4OS/c1-30-21-9-5-8-20(17-21)25-24(29)22-10-11-23(27-26-22)28-14-12-19(13-15-28)16-18-6-3-2-4-7-18/h2-11,17,19H,12-16H2,1H3,(H,25,29). The van der Waals surface area contributed by atoms with Gasteiger partial charge in [-0.25, -0.2) is 0 Å². The lowest BCUT2D eigenvalue weighted by molar-refractivity contribution is 0.102. The van der Waals surface area contributed by atoms with Crippen LogP contribution < -0.4 is 10.2 Å². The zero-order valence-corrected chi connectivity index (χ0v) is 17.9. The molecule has 2 aromatic carbocycles. The number of rotatable bonds is 6. The smallest absolute Gasteiger partial charge is 0.276 e. The molecule has 0 bridgehead atoms. The van der Waals surface area contributed by atoms with Gasteiger partial charge in [-0.15, -0.1) is 22.0 Å². The van der Waals surface area contributed by atoms with Crippen molar-refractivity contribution in [3.8, 4) is 0 Å². The summed E-state index contributed by atoms with van der Waals surface area (Å²) in [6.45, 7) is 1.94. The Morgan fingerprint density at radius 3 is 2.53 bits per heavy atom. The van der Waals surface area contributed by atoms with Crippen molar-refractivity contribution in [3.05, 3.63) is 78.0 Å². The van der Waals surface area contributed by atoms with Gasteiger partial charge < -0.3 is 10.2 Å². The number of piperidine rings is 1. The van der Waals surface area contributed by atoms with Gasteiger partial charge in [-0.1, -0.05) is 36.4 Å². The number of amides is 1. The molecule has 0 aliphatic carbocycles. The molecule has 4 rings (SSSR count). The van der Waals surface area contributed by atoms with Gasteiger partial charge in [0.15, 0.2) is 11.5 Å². The van der Waals surface area contributed by atoms with E-state index in [1.54, 1.807) is 17.8 Å². The molecule has 1 aromatic heterocycles. The molecule has 1 fully saturated rings. The molecule has 1 aliphatic heterocycles. The minimum absolute atomic E-state index is 0.242. The van der Waals surface area contributed by atoms with Crippen LogP contribution in [0.4, 0.5) is 11.5 Å². The van der Waals surface area contributed by atoms with Gasteiger partial charge in [0, 0.05) is 23.7 Å². The Hall–Kier alpha value is -2.86. The summed E-state index contributed by atoms with van der Waals surface area (Å²) < 4.78 is 0. The molecule has 0 radical (unpaired) electrons. The first kappa shape index (κ1) is 20.4. The summed E-state index contributed by atoms with van der Waals surface area (Å²) in [4.78, 5) is 15.8. The van der Waals surface area contributed by atoms with Crippen LogP contribution in [0.15, 0.2) is 71.6 Å². The van der Waals surface area contributed by atoms with Crippen LogP contribution in [0.5, 0.6) is 0 Å². The van der Waals surface area contributed by atoms with Crippen LogP contribution in [0.3, 0.4) is 0 Å². The summed E-state index contributed by atoms with van der Waals surface area (Å²) in [7, 11) is 0. The van der Waals surface area contributed by atoms with E-state index in [-0.39, 0.29) is 5.91 Å². The lowest BCUT2D eigenvalue weighted by atomic mass is 9.90. The van der Waals surface area contributed by atoms with Gasteiger partial charge in [0.2, 0.25) is 0 Å². The largest absolute Gasteiger partial charge is 0.355 e. The van der Waals surface area contributed by atoms with Crippen LogP contribution in [-0.4, -0.2) is 35.4 Å². The third-order valence-corrected chi connectivity index (χ3v) is 6.24. The first-order valence-electron chi connectivity index (χ1n) is 10.3. The molecule has 5 nitrogen and oxygen atoms in total. The van der Waals surface area contributed by atoms with Crippen LogP contribution in [0.2, 0.25) is 0 Å². The highest BCUT2D eigenvalue weighted by atomic mass is 32.2. The van der Waals surface area contributed by atoms with Gasteiger partial charge in [0.1, 0.15) is 0 Å². The highest BCUT2D eigenvalue weighted by Crippen LogP contribution is 2.25. The number of benzene rings is 2. The molecule has 2 heterocycles. The number of carbonyl (C=O) groups is 1. The highest BCUT2D eigenvalue weighted by Gasteiger charge is 2.21. The Kier molecular flexibility index (Phi) is 6.64. The Morgan fingerprint density at radius 1 is 1.03 bits per heavy atom. The van der Waals surface area contributed by atoms with Crippen LogP contribution in [0.25, 0.3) is 0 Å². The monoisotopic (exact) mass is 418 g/mol. The van der Waals surface area contributed by atoms with Crippen molar-refractivity contribution in [1.82, 2.24) is 10.2 Å². The normalized spacial score (nSPS) is 14.5. The van der Waals surface area contributed by atoms with Gasteiger partial charge in [0.25, 0.3) is 5.91 Å². The minimum Gasteiger partial charge on any atom is -0.355 e. The lowest BCUT2D eigenvalue weighted by Crippen LogP contribution is -2.35. The molecule has 30 heavy (non-hydrogen) atoms. The van der Waals surface area contributed by atoms with Crippen molar-refractivity contribution >= 4 is 29.2 Å². The molecule has 0 unspecified atom stereocenters. The Morgan fingerprint density at radius 2 is 1.83 bits per heavy atom. The molecule has 1 amide bonds. The van der Waals surface area contributed by atoms with E-state index in [1.165, 1.54) is 5.56 Å². The maximum absolute atomic E-state index is 12.5. The number of carbonyl (C=O) groups excluding carboxylic acids is 1. The highest BCUT2D eigenvalue weighted by molar-refractivity contribution is 7.98. The zero-order valence-electron chi connectivity index (χ0n) is 17.1. The molecule has 6 heteroatoms. The zero-order chi connectivity index (χ0) is 20.8. The van der Waals surface area contributed by atoms with Gasteiger partial charge in [-0.2, -0.15) is 0 Å². The topological polar surface area (TPSA) is 58.1 Å². The molecule has 154 valence electrons. The Labute approximate surface area is 181 Å². The maximum atomic E-state index is 12.5. The second-order valence-corrected chi connectivity index (χ2v) is 8.46. The van der Waals surface area contributed by atoms with E-state index < -0.39 is 0 Å². The van der Waals surface area contributed by atoms with E-state index in [0.717, 1.165) is 48.8 Å². The molecule has 1 aliphatic rings. The van der Waals surface area contributed by atoms with E-state index in [0.29, 0.717) is 11.6 Å². The third-order valence-electron chi connectivity index (χ3n) is 5.52. The lowest BCUT2D eigenvalue weighted by Gasteiger charge is -2.32. The average molecular weight is 419 g/mol. The number of aromatic nitrogens is 2. The Bertz CT molecular complexity index is 970. The molecule has 3 aromatic rings. The van der Waals surface area contributed by atoms with Crippen molar-refractivity contribution in [2.45, 2.75) is 24.2 Å². The summed E-state index contributed by atoms with van der Waals surface area (Å²) in [5.74, 6) is 1.31. The van der Waals surface area contributed by atoms with Crippen LogP contribution in [0.1, 0.15) is 28.9 Å². The van der Waals surface area contributed by atoms with Gasteiger partial charge in [-0.05, 0) is 67.3 Å². The number of nitrogens with zero attached hydrogens (tertiary/aromatic N) is 3. The van der Waals surface area contributed by atoms with Crippen LogP contribution >= 0.6 is 11.8 Å². The number of hydrogen-bond acceptors (Lipinski definition) is 5. The van der Waals surface area contributed by atoms with Crippen molar-refractivity contribution in [3.63, 3.8) is 0 Å². The average Bonchev–Trinajstić information content (AvgIpc) is 2.80. The van der Waals surface area contributed by atoms with Crippen molar-refractivity contribution in [2.24, 2.45) is 5.92 Å². The molecule has 1 saturated heterocycles. The fraction of sp³-hybridized carbons (Fsp3) is 0.292. The predicted octanol–water partition coefficient (Wildman–Crippen LogP) is 4.91. The molecular weight excluding hydrogens is 392 g/mol. The predicted molar refractivity (Wildman–Crippen MR) is 123 cm³/mol.